The minimum absolute atomic E-state index is 0.237. The highest BCUT2D eigenvalue weighted by Gasteiger charge is 2.08. The molecule has 0 radical (unpaired) electrons. The maximum absolute atomic E-state index is 12.2. The molecule has 5 heteroatoms. The molecule has 0 atom stereocenters. The zero-order valence-corrected chi connectivity index (χ0v) is 14.2. The number of amides is 1. The van der Waals surface area contributed by atoms with E-state index in [0.717, 1.165) is 11.4 Å². The molecule has 0 unspecified atom stereocenters. The second-order valence-corrected chi connectivity index (χ2v) is 6.02. The lowest BCUT2D eigenvalue weighted by molar-refractivity contribution is 0.102. The lowest BCUT2D eigenvalue weighted by Gasteiger charge is -2.09. The van der Waals surface area contributed by atoms with Crippen LogP contribution in [0, 0.1) is 0 Å². The summed E-state index contributed by atoms with van der Waals surface area (Å²) in [5, 5.41) is 5.94. The number of aromatic nitrogens is 2. The van der Waals surface area contributed by atoms with Crippen LogP contribution in [-0.4, -0.2) is 15.9 Å². The Morgan fingerprint density at radius 2 is 1.52 bits per heavy atom. The average molecular weight is 332 g/mol. The summed E-state index contributed by atoms with van der Waals surface area (Å²) in [5.41, 5.74) is 3.33. The van der Waals surface area contributed by atoms with E-state index in [1.54, 1.807) is 0 Å². The van der Waals surface area contributed by atoms with Crippen molar-refractivity contribution in [2.45, 2.75) is 19.8 Å². The Bertz CT molecular complexity index is 828. The van der Waals surface area contributed by atoms with Gasteiger partial charge in [0.2, 0.25) is 5.95 Å². The first-order chi connectivity index (χ1) is 12.1. The van der Waals surface area contributed by atoms with Crippen molar-refractivity contribution in [1.82, 2.24) is 9.97 Å². The summed E-state index contributed by atoms with van der Waals surface area (Å²) in [6, 6.07) is 17.4. The molecule has 0 spiro atoms. The summed E-state index contributed by atoms with van der Waals surface area (Å²) in [4.78, 5) is 20.6. The number of carbonyl (C=O) groups is 1. The van der Waals surface area contributed by atoms with Crippen LogP contribution in [0.4, 0.5) is 17.3 Å². The number of nitrogens with zero attached hydrogens (tertiary/aromatic N) is 2. The highest BCUT2D eigenvalue weighted by molar-refractivity contribution is 6.03. The fraction of sp³-hybridized carbons (Fsp3) is 0.150. The zero-order valence-electron chi connectivity index (χ0n) is 14.2. The minimum atomic E-state index is -0.237. The molecule has 5 nitrogen and oxygen atoms in total. The maximum Gasteiger partial charge on any atom is 0.258 e. The van der Waals surface area contributed by atoms with Crippen molar-refractivity contribution in [2.24, 2.45) is 0 Å². The Labute approximate surface area is 147 Å². The van der Waals surface area contributed by atoms with Gasteiger partial charge in [-0.25, -0.2) is 9.97 Å². The number of rotatable bonds is 5. The van der Waals surface area contributed by atoms with Crippen LogP contribution in [0.5, 0.6) is 0 Å². The lowest BCUT2D eigenvalue weighted by atomic mass is 10.0. The first-order valence-electron chi connectivity index (χ1n) is 8.17. The molecule has 1 heterocycles. The molecule has 2 aromatic carbocycles. The monoisotopic (exact) mass is 332 g/mol. The summed E-state index contributed by atoms with van der Waals surface area (Å²) in [7, 11) is 0. The van der Waals surface area contributed by atoms with E-state index in [9.17, 15) is 4.79 Å². The number of anilines is 3. The Balaban J connectivity index is 1.64. The summed E-state index contributed by atoms with van der Waals surface area (Å²) < 4.78 is 0. The van der Waals surface area contributed by atoms with E-state index >= 15 is 0 Å². The van der Waals surface area contributed by atoms with Gasteiger partial charge < -0.3 is 10.6 Å². The summed E-state index contributed by atoms with van der Waals surface area (Å²) in [6.45, 7) is 4.32. The van der Waals surface area contributed by atoms with E-state index in [2.05, 4.69) is 46.6 Å². The first kappa shape index (κ1) is 16.6. The fourth-order valence-electron chi connectivity index (χ4n) is 2.32. The highest BCUT2D eigenvalue weighted by atomic mass is 16.1. The van der Waals surface area contributed by atoms with Crippen LogP contribution in [0.2, 0.25) is 0 Å². The molecule has 0 saturated carbocycles. The second-order valence-electron chi connectivity index (χ2n) is 6.02. The molecule has 0 aliphatic carbocycles. The third-order valence-electron chi connectivity index (χ3n) is 3.78. The van der Waals surface area contributed by atoms with Crippen molar-refractivity contribution in [2.75, 3.05) is 10.6 Å². The SMILES string of the molecule is CC(C)c1ccc(Nc2ncc(C(=O)Nc3ccccc3)cn2)cc1. The topological polar surface area (TPSA) is 66.9 Å². The molecule has 0 fully saturated rings. The smallest absolute Gasteiger partial charge is 0.258 e. The van der Waals surface area contributed by atoms with Gasteiger partial charge in [0, 0.05) is 23.8 Å². The molecular formula is C20H20N4O. The van der Waals surface area contributed by atoms with Gasteiger partial charge in [0.25, 0.3) is 5.91 Å². The summed E-state index contributed by atoms with van der Waals surface area (Å²) >= 11 is 0. The van der Waals surface area contributed by atoms with Crippen LogP contribution in [0.15, 0.2) is 67.0 Å². The molecule has 3 rings (SSSR count). The van der Waals surface area contributed by atoms with Gasteiger partial charge in [0.1, 0.15) is 0 Å². The van der Waals surface area contributed by atoms with Crippen molar-refractivity contribution in [3.8, 4) is 0 Å². The van der Waals surface area contributed by atoms with Crippen molar-refractivity contribution >= 4 is 23.2 Å². The van der Waals surface area contributed by atoms with Gasteiger partial charge in [-0.3, -0.25) is 4.79 Å². The highest BCUT2D eigenvalue weighted by Crippen LogP contribution is 2.19. The largest absolute Gasteiger partial charge is 0.324 e. The first-order valence-corrected chi connectivity index (χ1v) is 8.17. The molecule has 0 bridgehead atoms. The minimum Gasteiger partial charge on any atom is -0.324 e. The van der Waals surface area contributed by atoms with E-state index in [4.69, 9.17) is 0 Å². The number of carbonyl (C=O) groups excluding carboxylic acids is 1. The Hall–Kier alpha value is -3.21. The normalized spacial score (nSPS) is 10.5. The van der Waals surface area contributed by atoms with Gasteiger partial charge in [-0.15, -0.1) is 0 Å². The van der Waals surface area contributed by atoms with E-state index in [-0.39, 0.29) is 5.91 Å². The molecule has 1 aromatic heterocycles. The average Bonchev–Trinajstić information content (AvgIpc) is 2.63. The van der Waals surface area contributed by atoms with Crippen LogP contribution in [-0.2, 0) is 0 Å². The summed E-state index contributed by atoms with van der Waals surface area (Å²) in [5.74, 6) is 0.709. The van der Waals surface area contributed by atoms with Gasteiger partial charge in [0.15, 0.2) is 0 Å². The van der Waals surface area contributed by atoms with E-state index in [1.807, 2.05) is 42.5 Å². The lowest BCUT2D eigenvalue weighted by Crippen LogP contribution is -2.13. The molecule has 0 aliphatic heterocycles. The van der Waals surface area contributed by atoms with Crippen molar-refractivity contribution in [1.29, 1.82) is 0 Å². The van der Waals surface area contributed by atoms with Crippen molar-refractivity contribution in [3.63, 3.8) is 0 Å². The van der Waals surface area contributed by atoms with Gasteiger partial charge in [0.05, 0.1) is 5.56 Å². The quantitative estimate of drug-likeness (QED) is 0.717. The van der Waals surface area contributed by atoms with Gasteiger partial charge in [-0.05, 0) is 35.7 Å². The zero-order chi connectivity index (χ0) is 17.6. The van der Waals surface area contributed by atoms with E-state index in [0.29, 0.717) is 17.4 Å². The van der Waals surface area contributed by atoms with Crippen molar-refractivity contribution < 1.29 is 4.79 Å². The second kappa shape index (κ2) is 7.57. The van der Waals surface area contributed by atoms with Gasteiger partial charge >= 0.3 is 0 Å². The third-order valence-corrected chi connectivity index (χ3v) is 3.78. The molecule has 1 amide bonds. The van der Waals surface area contributed by atoms with Crippen LogP contribution in [0.3, 0.4) is 0 Å². The Morgan fingerprint density at radius 3 is 2.12 bits per heavy atom. The van der Waals surface area contributed by atoms with Crippen molar-refractivity contribution in [3.05, 3.63) is 78.1 Å². The Kier molecular flexibility index (Phi) is 5.04. The molecule has 25 heavy (non-hydrogen) atoms. The summed E-state index contributed by atoms with van der Waals surface area (Å²) in [6.07, 6.45) is 3.02. The van der Waals surface area contributed by atoms with Gasteiger partial charge in [-0.2, -0.15) is 0 Å². The fourth-order valence-corrected chi connectivity index (χ4v) is 2.32. The molecule has 3 aromatic rings. The third kappa shape index (κ3) is 4.41. The standard InChI is InChI=1S/C20H20N4O/c1-14(2)15-8-10-18(11-9-15)24-20-21-12-16(13-22-20)19(25)23-17-6-4-3-5-7-17/h3-14H,1-2H3,(H,23,25)(H,21,22,24). The van der Waals surface area contributed by atoms with E-state index in [1.165, 1.54) is 18.0 Å². The molecule has 0 saturated heterocycles. The predicted molar refractivity (Wildman–Crippen MR) is 100 cm³/mol. The predicted octanol–water partition coefficient (Wildman–Crippen LogP) is 4.60. The number of nitrogens with one attached hydrogen (secondary N) is 2. The van der Waals surface area contributed by atoms with E-state index < -0.39 is 0 Å². The van der Waals surface area contributed by atoms with Crippen LogP contribution in [0.1, 0.15) is 35.7 Å². The number of hydrogen-bond donors (Lipinski definition) is 2. The molecule has 0 aliphatic rings. The number of para-hydroxylation sites is 1. The molecule has 126 valence electrons. The molecule has 2 N–H and O–H groups in total. The Morgan fingerprint density at radius 1 is 0.880 bits per heavy atom. The molecular weight excluding hydrogens is 312 g/mol. The number of benzene rings is 2. The number of hydrogen-bond acceptors (Lipinski definition) is 4. The van der Waals surface area contributed by atoms with Gasteiger partial charge in [-0.1, -0.05) is 44.2 Å². The van der Waals surface area contributed by atoms with Crippen LogP contribution in [0.25, 0.3) is 0 Å². The van der Waals surface area contributed by atoms with Crippen LogP contribution < -0.4 is 10.6 Å². The van der Waals surface area contributed by atoms with Crippen LogP contribution >= 0.6 is 0 Å². The maximum atomic E-state index is 12.2.